The Labute approximate surface area is 113 Å². The molecular formula is C15H10N2O3. The van der Waals surface area contributed by atoms with E-state index in [0.29, 0.717) is 23.0 Å². The van der Waals surface area contributed by atoms with Gasteiger partial charge in [-0.1, -0.05) is 0 Å². The van der Waals surface area contributed by atoms with Crippen LogP contribution < -0.4 is 5.56 Å². The summed E-state index contributed by atoms with van der Waals surface area (Å²) in [5.41, 5.74) is 0.643. The maximum absolute atomic E-state index is 12.3. The van der Waals surface area contributed by atoms with E-state index in [9.17, 15) is 14.7 Å². The highest BCUT2D eigenvalue weighted by Gasteiger charge is 2.11. The summed E-state index contributed by atoms with van der Waals surface area (Å²) in [4.78, 5) is 27.6. The number of carbonyl (C=O) groups is 1. The lowest BCUT2D eigenvalue weighted by Gasteiger charge is -2.10. The largest absolute Gasteiger partial charge is 0.508 e. The third kappa shape index (κ3) is 1.85. The molecule has 0 aliphatic rings. The molecule has 0 fully saturated rings. The van der Waals surface area contributed by atoms with Gasteiger partial charge in [0.15, 0.2) is 6.29 Å². The molecule has 0 aliphatic heterocycles. The maximum Gasteiger partial charge on any atom is 0.267 e. The molecule has 0 spiro atoms. The Balaban J connectivity index is 2.43. The molecule has 0 atom stereocenters. The summed E-state index contributed by atoms with van der Waals surface area (Å²) in [5, 5.41) is 10.0. The molecule has 98 valence electrons. The standard InChI is InChI=1S/C15H10N2O3/c18-9-11-8-10-2-1-7-16-14(10)17(15(11)20)12-3-5-13(19)6-4-12/h1-9,19H. The van der Waals surface area contributed by atoms with Crippen LogP contribution in [0.25, 0.3) is 16.7 Å². The minimum absolute atomic E-state index is 0.0681. The molecule has 3 aromatic rings. The van der Waals surface area contributed by atoms with Gasteiger partial charge in [0.1, 0.15) is 11.4 Å². The summed E-state index contributed by atoms with van der Waals surface area (Å²) < 4.78 is 1.36. The van der Waals surface area contributed by atoms with E-state index in [2.05, 4.69) is 4.98 Å². The molecule has 0 bridgehead atoms. The average molecular weight is 266 g/mol. The second-order valence-corrected chi connectivity index (χ2v) is 4.29. The van der Waals surface area contributed by atoms with Gasteiger partial charge in [-0.05, 0) is 42.5 Å². The second kappa shape index (κ2) is 4.62. The summed E-state index contributed by atoms with van der Waals surface area (Å²) in [6.45, 7) is 0. The van der Waals surface area contributed by atoms with Crippen molar-refractivity contribution in [1.82, 2.24) is 9.55 Å². The zero-order valence-corrected chi connectivity index (χ0v) is 10.4. The summed E-state index contributed by atoms with van der Waals surface area (Å²) >= 11 is 0. The molecule has 2 aromatic heterocycles. The molecule has 0 saturated carbocycles. The summed E-state index contributed by atoms with van der Waals surface area (Å²) in [7, 11) is 0. The van der Waals surface area contributed by atoms with Gasteiger partial charge in [-0.25, -0.2) is 4.98 Å². The normalized spacial score (nSPS) is 10.6. The van der Waals surface area contributed by atoms with E-state index in [0.717, 1.165) is 0 Å². The van der Waals surface area contributed by atoms with Crippen LogP contribution in [0.15, 0.2) is 53.5 Å². The van der Waals surface area contributed by atoms with Crippen molar-refractivity contribution in [2.45, 2.75) is 0 Å². The van der Waals surface area contributed by atoms with E-state index < -0.39 is 5.56 Å². The summed E-state index contributed by atoms with van der Waals surface area (Å²) in [6, 6.07) is 11.2. The highest BCUT2D eigenvalue weighted by Crippen LogP contribution is 2.17. The number of carbonyl (C=O) groups excluding carboxylic acids is 1. The smallest absolute Gasteiger partial charge is 0.267 e. The van der Waals surface area contributed by atoms with Crippen LogP contribution >= 0.6 is 0 Å². The van der Waals surface area contributed by atoms with E-state index in [-0.39, 0.29) is 11.3 Å². The van der Waals surface area contributed by atoms with Gasteiger partial charge in [-0.2, -0.15) is 0 Å². The minimum Gasteiger partial charge on any atom is -0.508 e. The lowest BCUT2D eigenvalue weighted by molar-refractivity contribution is 0.112. The molecule has 1 aromatic carbocycles. The molecular weight excluding hydrogens is 256 g/mol. The first-order valence-corrected chi connectivity index (χ1v) is 5.96. The van der Waals surface area contributed by atoms with Crippen LogP contribution in [0.1, 0.15) is 10.4 Å². The number of pyridine rings is 2. The van der Waals surface area contributed by atoms with Crippen molar-refractivity contribution < 1.29 is 9.90 Å². The van der Waals surface area contributed by atoms with Gasteiger partial charge in [-0.15, -0.1) is 0 Å². The fourth-order valence-corrected chi connectivity index (χ4v) is 2.09. The van der Waals surface area contributed by atoms with Gasteiger partial charge in [0.05, 0.1) is 11.3 Å². The number of benzene rings is 1. The number of hydrogen-bond donors (Lipinski definition) is 1. The number of nitrogens with zero attached hydrogens (tertiary/aromatic N) is 2. The topological polar surface area (TPSA) is 72.2 Å². The first kappa shape index (κ1) is 12.1. The molecule has 0 saturated heterocycles. The Morgan fingerprint density at radius 1 is 1.15 bits per heavy atom. The lowest BCUT2D eigenvalue weighted by Crippen LogP contribution is -2.23. The zero-order chi connectivity index (χ0) is 14.1. The fourth-order valence-electron chi connectivity index (χ4n) is 2.09. The number of aromatic hydroxyl groups is 1. The van der Waals surface area contributed by atoms with Crippen molar-refractivity contribution >= 4 is 17.3 Å². The molecule has 0 aliphatic carbocycles. The first-order valence-electron chi connectivity index (χ1n) is 5.96. The van der Waals surface area contributed by atoms with Crippen molar-refractivity contribution in [3.05, 3.63) is 64.6 Å². The van der Waals surface area contributed by atoms with Gasteiger partial charge < -0.3 is 5.11 Å². The molecule has 0 unspecified atom stereocenters. The van der Waals surface area contributed by atoms with Gasteiger partial charge in [0.25, 0.3) is 5.56 Å². The predicted octanol–water partition coefficient (Wildman–Crippen LogP) is 1.90. The predicted molar refractivity (Wildman–Crippen MR) is 74.4 cm³/mol. The zero-order valence-electron chi connectivity index (χ0n) is 10.4. The molecule has 20 heavy (non-hydrogen) atoms. The van der Waals surface area contributed by atoms with Crippen LogP contribution in [0.4, 0.5) is 0 Å². The number of phenolic OH excluding ortho intramolecular Hbond substituents is 1. The lowest BCUT2D eigenvalue weighted by atomic mass is 10.2. The van der Waals surface area contributed by atoms with E-state index in [1.54, 1.807) is 30.5 Å². The van der Waals surface area contributed by atoms with Gasteiger partial charge in [0.2, 0.25) is 0 Å². The highest BCUT2D eigenvalue weighted by atomic mass is 16.3. The Morgan fingerprint density at radius 2 is 1.90 bits per heavy atom. The molecule has 1 N–H and O–H groups in total. The van der Waals surface area contributed by atoms with Gasteiger partial charge in [0, 0.05) is 11.6 Å². The first-order chi connectivity index (χ1) is 9.70. The Hall–Kier alpha value is -2.95. The molecule has 2 heterocycles. The number of aromatic nitrogens is 2. The van der Waals surface area contributed by atoms with Gasteiger partial charge >= 0.3 is 0 Å². The molecule has 0 radical (unpaired) electrons. The van der Waals surface area contributed by atoms with Crippen LogP contribution in [-0.4, -0.2) is 20.9 Å². The highest BCUT2D eigenvalue weighted by molar-refractivity contribution is 5.85. The number of phenols is 1. The van der Waals surface area contributed by atoms with Crippen molar-refractivity contribution in [2.75, 3.05) is 0 Å². The fraction of sp³-hybridized carbons (Fsp3) is 0. The molecule has 5 heteroatoms. The van der Waals surface area contributed by atoms with E-state index in [1.807, 2.05) is 0 Å². The Bertz CT molecular complexity index is 851. The quantitative estimate of drug-likeness (QED) is 0.719. The SMILES string of the molecule is O=Cc1cc2cccnc2n(-c2ccc(O)cc2)c1=O. The van der Waals surface area contributed by atoms with E-state index in [1.165, 1.54) is 22.8 Å². The maximum atomic E-state index is 12.3. The van der Waals surface area contributed by atoms with E-state index >= 15 is 0 Å². The minimum atomic E-state index is -0.433. The monoisotopic (exact) mass is 266 g/mol. The van der Waals surface area contributed by atoms with Crippen LogP contribution in [0.3, 0.4) is 0 Å². The van der Waals surface area contributed by atoms with Crippen molar-refractivity contribution in [3.8, 4) is 11.4 Å². The molecule has 5 nitrogen and oxygen atoms in total. The molecule has 3 rings (SSSR count). The summed E-state index contributed by atoms with van der Waals surface area (Å²) in [5.74, 6) is 0.102. The van der Waals surface area contributed by atoms with Crippen LogP contribution in [0.2, 0.25) is 0 Å². The van der Waals surface area contributed by atoms with Crippen molar-refractivity contribution in [1.29, 1.82) is 0 Å². The third-order valence-electron chi connectivity index (χ3n) is 3.02. The summed E-state index contributed by atoms with van der Waals surface area (Å²) in [6.07, 6.45) is 2.12. The number of fused-ring (bicyclic) bond motifs is 1. The molecule has 0 amide bonds. The number of hydrogen-bond acceptors (Lipinski definition) is 4. The Morgan fingerprint density at radius 3 is 2.60 bits per heavy atom. The number of aldehydes is 1. The average Bonchev–Trinajstić information content (AvgIpc) is 2.48. The van der Waals surface area contributed by atoms with Crippen LogP contribution in [-0.2, 0) is 0 Å². The van der Waals surface area contributed by atoms with Crippen molar-refractivity contribution in [3.63, 3.8) is 0 Å². The second-order valence-electron chi connectivity index (χ2n) is 4.29. The van der Waals surface area contributed by atoms with Crippen molar-refractivity contribution in [2.24, 2.45) is 0 Å². The number of rotatable bonds is 2. The Kier molecular flexibility index (Phi) is 2.80. The van der Waals surface area contributed by atoms with Gasteiger partial charge in [-0.3, -0.25) is 14.2 Å². The van der Waals surface area contributed by atoms with Crippen LogP contribution in [0, 0.1) is 0 Å². The van der Waals surface area contributed by atoms with E-state index in [4.69, 9.17) is 0 Å². The third-order valence-corrected chi connectivity index (χ3v) is 3.02. The van der Waals surface area contributed by atoms with Crippen LogP contribution in [0.5, 0.6) is 5.75 Å².